The van der Waals surface area contributed by atoms with Crippen molar-refractivity contribution in [1.82, 2.24) is 9.78 Å². The highest BCUT2D eigenvalue weighted by Gasteiger charge is 1.99. The third-order valence-electron chi connectivity index (χ3n) is 2.12. The molecule has 1 heterocycles. The van der Waals surface area contributed by atoms with E-state index in [1.54, 1.807) is 10.9 Å². The number of aldehydes is 1. The van der Waals surface area contributed by atoms with Gasteiger partial charge in [0.1, 0.15) is 11.9 Å². The number of aliphatic hydroxyl groups excluding tert-OH is 1. The van der Waals surface area contributed by atoms with Crippen molar-refractivity contribution in [2.75, 3.05) is 0 Å². The predicted molar refractivity (Wildman–Crippen MR) is 64.9 cm³/mol. The molecular weight excluding hydrogens is 232 g/mol. The monoisotopic (exact) mass is 242 g/mol. The van der Waals surface area contributed by atoms with Gasteiger partial charge in [-0.05, 0) is 12.1 Å². The van der Waals surface area contributed by atoms with Crippen LogP contribution in [0.1, 0.15) is 0 Å². The lowest BCUT2D eigenvalue weighted by Crippen LogP contribution is -1.92. The molecule has 0 saturated heterocycles. The smallest absolute Gasteiger partial charge is 0.173 e. The van der Waals surface area contributed by atoms with Crippen LogP contribution in [0.25, 0.3) is 5.69 Å². The first-order chi connectivity index (χ1) is 8.83. The maximum Gasteiger partial charge on any atom is 0.173 e. The van der Waals surface area contributed by atoms with Gasteiger partial charge in [-0.2, -0.15) is 5.10 Å². The average molecular weight is 242 g/mol. The van der Waals surface area contributed by atoms with Gasteiger partial charge in [0.05, 0.1) is 18.1 Å². The van der Waals surface area contributed by atoms with Gasteiger partial charge >= 0.3 is 0 Å². The summed E-state index contributed by atoms with van der Waals surface area (Å²) in [4.78, 5) is 10.4. The number of allylic oxidation sites excluding steroid dienone is 1. The Morgan fingerprint density at radius 3 is 2.78 bits per heavy atom. The fraction of sp³-hybridized carbons (Fsp3) is 0. The van der Waals surface area contributed by atoms with Gasteiger partial charge in [-0.3, -0.25) is 4.79 Å². The van der Waals surface area contributed by atoms with Crippen molar-refractivity contribution >= 4 is 12.0 Å². The van der Waals surface area contributed by atoms with Gasteiger partial charge in [0, 0.05) is 0 Å². The molecule has 1 aromatic carbocycles. The zero-order valence-corrected chi connectivity index (χ0v) is 9.34. The summed E-state index contributed by atoms with van der Waals surface area (Å²) in [5, 5.41) is 20.1. The molecule has 0 amide bonds. The first-order valence-electron chi connectivity index (χ1n) is 5.15. The Morgan fingerprint density at radius 2 is 2.11 bits per heavy atom. The van der Waals surface area contributed by atoms with Gasteiger partial charge in [-0.1, -0.05) is 18.2 Å². The van der Waals surface area contributed by atoms with Crippen LogP contribution in [-0.2, 0) is 4.79 Å². The number of hydrogen-bond donors (Lipinski definition) is 1. The number of carbonyl (C=O) groups excluding carboxylic acids is 1. The molecule has 0 aliphatic carbocycles. The first kappa shape index (κ1) is 11.7. The Balaban J connectivity index is 2.19. The summed E-state index contributed by atoms with van der Waals surface area (Å²) in [6, 6.07) is 9.52. The van der Waals surface area contributed by atoms with Crippen LogP contribution < -0.4 is 0 Å². The molecule has 0 spiro atoms. The molecular formula is C12H10N4O2. The molecule has 6 nitrogen and oxygen atoms in total. The zero-order valence-electron chi connectivity index (χ0n) is 9.34. The summed E-state index contributed by atoms with van der Waals surface area (Å²) in [6.45, 7) is 0. The third-order valence-corrected chi connectivity index (χ3v) is 2.12. The maximum absolute atomic E-state index is 10.4. The summed E-state index contributed by atoms with van der Waals surface area (Å²) in [6.07, 6.45) is 4.18. The molecule has 0 unspecified atom stereocenters. The van der Waals surface area contributed by atoms with Gasteiger partial charge in [0.25, 0.3) is 0 Å². The van der Waals surface area contributed by atoms with Crippen LogP contribution >= 0.6 is 0 Å². The predicted octanol–water partition coefficient (Wildman–Crippen LogP) is 2.55. The van der Waals surface area contributed by atoms with Gasteiger partial charge in [0.15, 0.2) is 12.0 Å². The summed E-state index contributed by atoms with van der Waals surface area (Å²) in [7, 11) is 0. The molecule has 0 fully saturated rings. The minimum Gasteiger partial charge on any atom is -0.513 e. The summed E-state index contributed by atoms with van der Waals surface area (Å²) < 4.78 is 1.64. The molecule has 0 atom stereocenters. The fourth-order valence-electron chi connectivity index (χ4n) is 1.28. The van der Waals surface area contributed by atoms with E-state index >= 15 is 0 Å². The molecule has 0 aliphatic rings. The summed E-state index contributed by atoms with van der Waals surface area (Å²) in [5.74, 6) is 0. The number of nitrogens with zero attached hydrogens (tertiary/aromatic N) is 4. The minimum atomic E-state index is -0.150. The second-order valence-corrected chi connectivity index (χ2v) is 3.35. The van der Waals surface area contributed by atoms with Crippen LogP contribution in [0.15, 0.2) is 64.9 Å². The van der Waals surface area contributed by atoms with E-state index in [2.05, 4.69) is 15.3 Å². The quantitative estimate of drug-likeness (QED) is 0.387. The number of azo groups is 1. The van der Waals surface area contributed by atoms with E-state index in [-0.39, 0.29) is 5.70 Å². The zero-order chi connectivity index (χ0) is 12.8. The Labute approximate surface area is 103 Å². The van der Waals surface area contributed by atoms with E-state index in [0.717, 1.165) is 5.69 Å². The van der Waals surface area contributed by atoms with Crippen LogP contribution in [0, 0.1) is 0 Å². The number of para-hydroxylation sites is 1. The highest BCUT2D eigenvalue weighted by atomic mass is 16.2. The number of aliphatic hydroxyl groups is 1. The van der Waals surface area contributed by atoms with Crippen molar-refractivity contribution in [2.24, 2.45) is 10.2 Å². The lowest BCUT2D eigenvalue weighted by atomic mass is 10.3. The van der Waals surface area contributed by atoms with E-state index in [4.69, 9.17) is 5.11 Å². The molecule has 18 heavy (non-hydrogen) atoms. The number of benzene rings is 1. The second-order valence-electron chi connectivity index (χ2n) is 3.35. The number of carbonyl (C=O) groups is 1. The molecule has 2 rings (SSSR count). The van der Waals surface area contributed by atoms with Gasteiger partial charge < -0.3 is 5.11 Å². The molecule has 2 aromatic rings. The van der Waals surface area contributed by atoms with Gasteiger partial charge in [0.2, 0.25) is 0 Å². The molecule has 0 bridgehead atoms. The molecule has 90 valence electrons. The lowest BCUT2D eigenvalue weighted by molar-refractivity contribution is -0.105. The standard InChI is InChI=1S/C12H10N4O2/c17-8-11(9-18)15-14-10-6-13-16(7-10)12-4-2-1-3-5-12/h1-9,17H/b11-8+,15-14?. The van der Waals surface area contributed by atoms with E-state index in [9.17, 15) is 4.79 Å². The van der Waals surface area contributed by atoms with Gasteiger partial charge in [-0.25, -0.2) is 4.68 Å². The van der Waals surface area contributed by atoms with Gasteiger partial charge in [-0.15, -0.1) is 10.2 Å². The van der Waals surface area contributed by atoms with Crippen LogP contribution in [0.5, 0.6) is 0 Å². The fourth-order valence-corrected chi connectivity index (χ4v) is 1.28. The van der Waals surface area contributed by atoms with E-state index in [1.165, 1.54) is 6.20 Å². The van der Waals surface area contributed by atoms with Crippen molar-refractivity contribution in [3.8, 4) is 5.69 Å². The molecule has 6 heteroatoms. The molecule has 0 aliphatic heterocycles. The minimum absolute atomic E-state index is 0.150. The first-order valence-corrected chi connectivity index (χ1v) is 5.15. The lowest BCUT2D eigenvalue weighted by Gasteiger charge is -1.97. The van der Waals surface area contributed by atoms with Crippen molar-refractivity contribution in [1.29, 1.82) is 0 Å². The topological polar surface area (TPSA) is 79.8 Å². The third kappa shape index (κ3) is 2.67. The largest absolute Gasteiger partial charge is 0.513 e. The van der Waals surface area contributed by atoms with Crippen LogP contribution in [-0.4, -0.2) is 21.2 Å². The Kier molecular flexibility index (Phi) is 3.60. The molecule has 0 radical (unpaired) electrons. The van der Waals surface area contributed by atoms with Crippen LogP contribution in [0.2, 0.25) is 0 Å². The molecule has 1 aromatic heterocycles. The van der Waals surface area contributed by atoms with Crippen LogP contribution in [0.3, 0.4) is 0 Å². The molecule has 1 N–H and O–H groups in total. The summed E-state index contributed by atoms with van der Waals surface area (Å²) >= 11 is 0. The highest BCUT2D eigenvalue weighted by molar-refractivity contribution is 5.71. The average Bonchev–Trinajstić information content (AvgIpc) is 2.90. The Hall–Kier alpha value is -2.76. The number of rotatable bonds is 4. The molecule has 0 saturated carbocycles. The van der Waals surface area contributed by atoms with Crippen molar-refractivity contribution in [3.63, 3.8) is 0 Å². The normalized spacial score (nSPS) is 11.9. The van der Waals surface area contributed by atoms with E-state index in [0.29, 0.717) is 18.2 Å². The maximum atomic E-state index is 10.4. The Bertz CT molecular complexity index is 587. The number of aromatic nitrogens is 2. The van der Waals surface area contributed by atoms with E-state index < -0.39 is 0 Å². The van der Waals surface area contributed by atoms with Crippen molar-refractivity contribution in [2.45, 2.75) is 0 Å². The van der Waals surface area contributed by atoms with Crippen LogP contribution in [0.4, 0.5) is 5.69 Å². The summed E-state index contributed by atoms with van der Waals surface area (Å²) in [5.41, 5.74) is 1.23. The number of hydrogen-bond acceptors (Lipinski definition) is 5. The highest BCUT2D eigenvalue weighted by Crippen LogP contribution is 2.15. The Morgan fingerprint density at radius 1 is 1.33 bits per heavy atom. The van der Waals surface area contributed by atoms with Crippen molar-refractivity contribution in [3.05, 3.63) is 54.7 Å². The van der Waals surface area contributed by atoms with Crippen molar-refractivity contribution < 1.29 is 9.90 Å². The van der Waals surface area contributed by atoms with E-state index in [1.807, 2.05) is 30.3 Å². The SMILES string of the molecule is O=C/C(=C\O)N=Nc1cnn(-c2ccccc2)c1. The second kappa shape index (κ2) is 5.53.